The molecule has 2 rings (SSSR count). The predicted octanol–water partition coefficient (Wildman–Crippen LogP) is 4.38. The van der Waals surface area contributed by atoms with Gasteiger partial charge in [0, 0.05) is 34.1 Å². The van der Waals surface area contributed by atoms with Gasteiger partial charge in [0.2, 0.25) is 0 Å². The summed E-state index contributed by atoms with van der Waals surface area (Å²) < 4.78 is 22.5. The van der Waals surface area contributed by atoms with E-state index in [-0.39, 0.29) is 22.9 Å². The third-order valence-corrected chi connectivity index (χ3v) is 3.87. The monoisotopic (exact) mass is 365 g/mol. The van der Waals surface area contributed by atoms with Crippen molar-refractivity contribution in [3.8, 4) is 11.5 Å². The molecule has 0 aliphatic rings. The Morgan fingerprint density at radius 1 is 0.880 bits per heavy atom. The summed E-state index contributed by atoms with van der Waals surface area (Å²) in [5.41, 5.74) is 8.10. The molecule has 0 bridgehead atoms. The summed E-state index contributed by atoms with van der Waals surface area (Å²) in [5.74, 6) is -0.188. The summed E-state index contributed by atoms with van der Waals surface area (Å²) in [6.07, 6.45) is 0. The van der Waals surface area contributed by atoms with Crippen LogP contribution in [0, 0.1) is 20.2 Å². The van der Waals surface area contributed by atoms with Crippen LogP contribution in [0.25, 0.3) is 10.4 Å². The summed E-state index contributed by atoms with van der Waals surface area (Å²) in [4.78, 5) is 25.3. The Bertz CT molecular complexity index is 830. The second-order valence-electron chi connectivity index (χ2n) is 4.33. The highest BCUT2D eigenvalue weighted by molar-refractivity contribution is 7.53. The number of non-ortho nitro benzene ring substituents is 2. The van der Waals surface area contributed by atoms with Crippen LogP contribution in [0.3, 0.4) is 0 Å². The Hall–Kier alpha value is -3.62. The highest BCUT2D eigenvalue weighted by Gasteiger charge is 2.27. The van der Waals surface area contributed by atoms with Crippen molar-refractivity contribution in [3.63, 3.8) is 0 Å². The predicted molar refractivity (Wildman–Crippen MR) is 84.2 cm³/mol. The van der Waals surface area contributed by atoms with E-state index in [2.05, 4.69) is 9.80 Å². The standard InChI is InChI=1S/C12H8N5O7P/c13-14-15-25(22,23-11-5-1-9(2-6-11)16(18)19)24-12-7-3-10(4-8-12)17(20)21/h1-8H. The van der Waals surface area contributed by atoms with Crippen molar-refractivity contribution in [2.24, 2.45) is 4.88 Å². The fourth-order valence-electron chi connectivity index (χ4n) is 1.63. The number of azide groups is 1. The highest BCUT2D eigenvalue weighted by Crippen LogP contribution is 2.50. The minimum atomic E-state index is -4.37. The lowest BCUT2D eigenvalue weighted by Gasteiger charge is -2.15. The lowest BCUT2D eigenvalue weighted by atomic mass is 10.3. The minimum absolute atomic E-state index is 0.0942. The van der Waals surface area contributed by atoms with Gasteiger partial charge in [0.1, 0.15) is 11.5 Å². The van der Waals surface area contributed by atoms with Crippen LogP contribution in [0.15, 0.2) is 53.4 Å². The zero-order valence-electron chi connectivity index (χ0n) is 12.2. The first-order valence-electron chi connectivity index (χ1n) is 6.38. The second kappa shape index (κ2) is 7.30. The van der Waals surface area contributed by atoms with E-state index < -0.39 is 17.6 Å². The van der Waals surface area contributed by atoms with Crippen LogP contribution in [0.2, 0.25) is 0 Å². The summed E-state index contributed by atoms with van der Waals surface area (Å²) in [5, 5.41) is 21.2. The van der Waals surface area contributed by atoms with Crippen molar-refractivity contribution in [3.05, 3.63) is 79.2 Å². The Labute approximate surface area is 139 Å². The SMILES string of the molecule is [N-]=[N+]=NP(=O)(Oc1ccc([N+](=O)[O-])cc1)Oc1ccc([N+](=O)[O-])cc1. The van der Waals surface area contributed by atoms with Gasteiger partial charge in [-0.3, -0.25) is 20.2 Å². The zero-order valence-corrected chi connectivity index (χ0v) is 13.1. The number of nitro benzene ring substituents is 2. The normalized spacial score (nSPS) is 10.4. The number of nitrogens with zero attached hydrogens (tertiary/aromatic N) is 5. The first-order chi connectivity index (χ1) is 11.8. The molecule has 0 aliphatic heterocycles. The van der Waals surface area contributed by atoms with Crippen molar-refractivity contribution in [1.82, 2.24) is 0 Å². The quantitative estimate of drug-likeness (QED) is 0.175. The molecule has 0 heterocycles. The van der Waals surface area contributed by atoms with Crippen molar-refractivity contribution < 1.29 is 23.5 Å². The van der Waals surface area contributed by atoms with Crippen LogP contribution in [0.4, 0.5) is 11.4 Å². The van der Waals surface area contributed by atoms with E-state index in [1.807, 2.05) is 0 Å². The minimum Gasteiger partial charge on any atom is -0.411 e. The van der Waals surface area contributed by atoms with Crippen molar-refractivity contribution in [2.45, 2.75) is 0 Å². The lowest BCUT2D eigenvalue weighted by molar-refractivity contribution is -0.385. The molecule has 0 amide bonds. The molecule has 2 aromatic carbocycles. The van der Waals surface area contributed by atoms with Gasteiger partial charge in [-0.2, -0.15) is 0 Å². The Balaban J connectivity index is 2.22. The van der Waals surface area contributed by atoms with Crippen LogP contribution < -0.4 is 9.05 Å². The maximum absolute atomic E-state index is 12.5. The number of benzene rings is 2. The van der Waals surface area contributed by atoms with Gasteiger partial charge in [-0.05, 0) is 29.8 Å². The Morgan fingerprint density at radius 3 is 1.52 bits per heavy atom. The maximum Gasteiger partial charge on any atom is 0.525 e. The number of rotatable bonds is 7. The third kappa shape index (κ3) is 4.67. The van der Waals surface area contributed by atoms with Gasteiger partial charge in [0.05, 0.1) is 9.85 Å². The average Bonchev–Trinajstić information content (AvgIpc) is 2.55. The van der Waals surface area contributed by atoms with E-state index in [1.165, 1.54) is 0 Å². The summed E-state index contributed by atoms with van der Waals surface area (Å²) in [6, 6.07) is 8.99. The molecule has 0 aromatic heterocycles. The average molecular weight is 365 g/mol. The molecule has 0 saturated carbocycles. The fourth-order valence-corrected chi connectivity index (χ4v) is 2.61. The molecule has 2 aromatic rings. The van der Waals surface area contributed by atoms with Crippen LogP contribution in [0.5, 0.6) is 11.5 Å². The van der Waals surface area contributed by atoms with Crippen LogP contribution in [0.1, 0.15) is 0 Å². The maximum atomic E-state index is 12.5. The van der Waals surface area contributed by atoms with E-state index in [0.29, 0.717) is 0 Å². The largest absolute Gasteiger partial charge is 0.525 e. The fraction of sp³-hybridized carbons (Fsp3) is 0. The third-order valence-electron chi connectivity index (χ3n) is 2.69. The molecule has 0 unspecified atom stereocenters. The van der Waals surface area contributed by atoms with Gasteiger partial charge < -0.3 is 9.05 Å². The molecule has 0 fully saturated rings. The van der Waals surface area contributed by atoms with Crippen LogP contribution in [-0.2, 0) is 4.57 Å². The second-order valence-corrected chi connectivity index (χ2v) is 5.81. The molecule has 0 saturated heterocycles. The first kappa shape index (κ1) is 17.7. The van der Waals surface area contributed by atoms with Gasteiger partial charge in [-0.1, -0.05) is 0 Å². The van der Waals surface area contributed by atoms with Gasteiger partial charge >= 0.3 is 7.75 Å². The molecule has 0 aliphatic carbocycles. The Kier molecular flexibility index (Phi) is 5.18. The van der Waals surface area contributed by atoms with Gasteiger partial charge in [0.15, 0.2) is 0 Å². The molecule has 0 atom stereocenters. The molecular weight excluding hydrogens is 357 g/mol. The van der Waals surface area contributed by atoms with Gasteiger partial charge in [-0.15, -0.1) is 0 Å². The van der Waals surface area contributed by atoms with Crippen molar-refractivity contribution >= 4 is 19.1 Å². The molecule has 25 heavy (non-hydrogen) atoms. The summed E-state index contributed by atoms with van der Waals surface area (Å²) >= 11 is 0. The lowest BCUT2D eigenvalue weighted by Crippen LogP contribution is -1.98. The van der Waals surface area contributed by atoms with Crippen molar-refractivity contribution in [1.29, 1.82) is 0 Å². The number of hydrogen-bond donors (Lipinski definition) is 0. The zero-order chi connectivity index (χ0) is 18.4. The topological polar surface area (TPSA) is 171 Å². The van der Waals surface area contributed by atoms with Crippen LogP contribution in [-0.4, -0.2) is 9.85 Å². The summed E-state index contributed by atoms with van der Waals surface area (Å²) in [6.45, 7) is 0. The molecule has 128 valence electrons. The summed E-state index contributed by atoms with van der Waals surface area (Å²) in [7, 11) is -4.37. The number of nitro groups is 2. The molecule has 0 N–H and O–H groups in total. The smallest absolute Gasteiger partial charge is 0.411 e. The van der Waals surface area contributed by atoms with E-state index >= 15 is 0 Å². The van der Waals surface area contributed by atoms with Crippen molar-refractivity contribution in [2.75, 3.05) is 0 Å². The van der Waals surface area contributed by atoms with Crippen LogP contribution >= 0.6 is 7.75 Å². The van der Waals surface area contributed by atoms with Gasteiger partial charge in [-0.25, -0.2) is 4.57 Å². The molecule has 0 spiro atoms. The molecule has 13 heteroatoms. The number of hydrogen-bond acceptors (Lipinski definition) is 7. The molecule has 12 nitrogen and oxygen atoms in total. The van der Waals surface area contributed by atoms with E-state index in [4.69, 9.17) is 14.6 Å². The van der Waals surface area contributed by atoms with E-state index in [1.54, 1.807) is 0 Å². The van der Waals surface area contributed by atoms with E-state index in [0.717, 1.165) is 48.5 Å². The van der Waals surface area contributed by atoms with E-state index in [9.17, 15) is 24.8 Å². The first-order valence-corrected chi connectivity index (χ1v) is 7.87. The highest BCUT2D eigenvalue weighted by atomic mass is 31.2. The Morgan fingerprint density at radius 2 is 1.24 bits per heavy atom. The molecular formula is C12H8N5O7P. The van der Waals surface area contributed by atoms with Gasteiger partial charge in [0.25, 0.3) is 11.4 Å². The molecule has 0 radical (unpaired) electrons.